The number of hydrogen-bond donors (Lipinski definition) is 1. The predicted molar refractivity (Wildman–Crippen MR) is 168 cm³/mol. The average molecular weight is 614 g/mol. The second kappa shape index (κ2) is 12.4. The number of carbonyl (C=O) groups excluding carboxylic acids is 1. The Kier molecular flexibility index (Phi) is 8.23. The normalized spacial score (nSPS) is 23.5. The van der Waals surface area contributed by atoms with Gasteiger partial charge in [0.1, 0.15) is 10.8 Å². The number of aryl methyl sites for hydroxylation is 1. The molecule has 3 aromatic rings. The van der Waals surface area contributed by atoms with E-state index in [2.05, 4.69) is 37.8 Å². The highest BCUT2D eigenvalue weighted by Crippen LogP contribution is 2.55. The van der Waals surface area contributed by atoms with Gasteiger partial charge in [-0.25, -0.2) is 9.78 Å². The van der Waals surface area contributed by atoms with Crippen LogP contribution in [0.5, 0.6) is 5.75 Å². The molecule has 234 valence electrons. The van der Waals surface area contributed by atoms with Crippen LogP contribution in [-0.2, 0) is 20.5 Å². The largest absolute Gasteiger partial charge is 0.494 e. The number of aromatic nitrogens is 3. The number of benzene rings is 1. The summed E-state index contributed by atoms with van der Waals surface area (Å²) in [5.41, 5.74) is -1.50. The van der Waals surface area contributed by atoms with Crippen LogP contribution in [-0.4, -0.2) is 62.4 Å². The molecule has 3 heterocycles. The molecule has 10 heteroatoms. The highest BCUT2D eigenvalue weighted by atomic mass is 32.1. The monoisotopic (exact) mass is 613 g/mol. The lowest BCUT2D eigenvalue weighted by atomic mass is 9.71. The lowest BCUT2D eigenvalue weighted by Gasteiger charge is -2.47. The summed E-state index contributed by atoms with van der Waals surface area (Å²) in [6.07, 6.45) is 4.04. The minimum absolute atomic E-state index is 0.0992. The molecule has 4 atom stereocenters. The van der Waals surface area contributed by atoms with Gasteiger partial charge < -0.3 is 19.5 Å². The van der Waals surface area contributed by atoms with E-state index in [4.69, 9.17) is 13.6 Å². The van der Waals surface area contributed by atoms with Crippen molar-refractivity contribution in [1.29, 1.82) is 0 Å². The molecule has 1 aliphatic rings. The second-order valence-corrected chi connectivity index (χ2v) is 13.4. The minimum atomic E-state index is -2.71. The Labute approximate surface area is 263 Å². The van der Waals surface area contributed by atoms with E-state index in [9.17, 15) is 9.90 Å². The van der Waals surface area contributed by atoms with Gasteiger partial charge in [0.2, 0.25) is 0 Å². The van der Waals surface area contributed by atoms with Crippen LogP contribution in [0.3, 0.4) is 0 Å². The van der Waals surface area contributed by atoms with Crippen LogP contribution in [0, 0.1) is 18.8 Å². The van der Waals surface area contributed by atoms with Gasteiger partial charge >= 0.3 is 5.97 Å². The number of ether oxygens (including phenoxy) is 2. The van der Waals surface area contributed by atoms with Crippen LogP contribution >= 0.6 is 11.3 Å². The molecule has 0 saturated carbocycles. The maximum Gasteiger partial charge on any atom is 0.332 e. The maximum atomic E-state index is 15.0. The molecule has 1 unspecified atom stereocenters. The third kappa shape index (κ3) is 5.37. The van der Waals surface area contributed by atoms with Crippen LogP contribution < -0.4 is 4.74 Å². The molecule has 1 aromatic carbocycles. The molecule has 4 rings (SSSR count). The molecule has 1 saturated heterocycles. The first-order valence-corrected chi connectivity index (χ1v) is 15.7. The molecular formula is C33H46N4O5S. The Morgan fingerprint density at radius 3 is 2.53 bits per heavy atom. The van der Waals surface area contributed by atoms with E-state index in [0.717, 1.165) is 12.0 Å². The number of aliphatic carboxylic acids is 1. The third-order valence-electron chi connectivity index (χ3n) is 9.73. The van der Waals surface area contributed by atoms with Crippen molar-refractivity contribution in [2.45, 2.75) is 90.8 Å². The Morgan fingerprint density at radius 1 is 1.26 bits per heavy atom. The van der Waals surface area contributed by atoms with Gasteiger partial charge in [0.05, 0.1) is 34.6 Å². The summed E-state index contributed by atoms with van der Waals surface area (Å²) >= 11 is 1.28. The molecule has 0 aliphatic carbocycles. The van der Waals surface area contributed by atoms with Gasteiger partial charge in [0.15, 0.2) is 5.54 Å². The number of thiazole rings is 1. The fourth-order valence-electron chi connectivity index (χ4n) is 6.65. The summed E-state index contributed by atoms with van der Waals surface area (Å²) in [6.45, 7) is 15.9. The van der Waals surface area contributed by atoms with E-state index >= 15 is 4.79 Å². The Morgan fingerprint density at radius 2 is 2.00 bits per heavy atom. The second-order valence-electron chi connectivity index (χ2n) is 12.5. The van der Waals surface area contributed by atoms with Crippen LogP contribution in [0.4, 0.5) is 0 Å². The molecule has 9 nitrogen and oxygen atoms in total. The van der Waals surface area contributed by atoms with Crippen molar-refractivity contribution in [3.8, 4) is 5.75 Å². The van der Waals surface area contributed by atoms with Crippen molar-refractivity contribution < 1.29 is 28.3 Å². The fourth-order valence-corrected chi connectivity index (χ4v) is 7.47. The highest BCUT2D eigenvalue weighted by molar-refractivity contribution is 7.09. The zero-order chi connectivity index (χ0) is 34.2. The van der Waals surface area contributed by atoms with Crippen molar-refractivity contribution in [1.82, 2.24) is 19.7 Å². The van der Waals surface area contributed by atoms with E-state index in [0.29, 0.717) is 23.1 Å². The van der Waals surface area contributed by atoms with Crippen LogP contribution in [0.15, 0.2) is 42.0 Å². The van der Waals surface area contributed by atoms with Crippen molar-refractivity contribution in [2.75, 3.05) is 20.3 Å². The molecule has 0 spiro atoms. The average Bonchev–Trinajstić information content (AvgIpc) is 3.74. The summed E-state index contributed by atoms with van der Waals surface area (Å²) in [4.78, 5) is 34.7. The first-order valence-electron chi connectivity index (χ1n) is 16.3. The summed E-state index contributed by atoms with van der Waals surface area (Å²) in [7, 11) is -2.71. The van der Waals surface area contributed by atoms with Gasteiger partial charge in [0, 0.05) is 41.9 Å². The standard InChI is InChI=1S/C33H46N4O5S/c1-10-32(8,21(3)4)25-13-12-23(18-26(25)42-11-2)29(38)37-27(28-34-15-17-43-28)24(20-41-9)19-33(37,30(39)40)31(6,7)36-16-14-22(5)35-36/h12-18,21,24,27H,10-11,19-20H2,1-9H3,(H,39,40)/t24-,27-,32?,33+/m1/s1/i9D3. The number of carboxylic acids is 1. The number of carbonyl (C=O) groups is 2. The van der Waals surface area contributed by atoms with E-state index < -0.39 is 42.0 Å². The van der Waals surface area contributed by atoms with Crippen molar-refractivity contribution in [3.05, 3.63) is 63.9 Å². The Balaban J connectivity index is 1.99. The topological polar surface area (TPSA) is 107 Å². The molecule has 0 radical (unpaired) electrons. The molecule has 1 N–H and O–H groups in total. The lowest BCUT2D eigenvalue weighted by molar-refractivity contribution is -0.156. The summed E-state index contributed by atoms with van der Waals surface area (Å²) in [5.74, 6) is -1.63. The van der Waals surface area contributed by atoms with Crippen molar-refractivity contribution in [3.63, 3.8) is 0 Å². The molecule has 1 fully saturated rings. The number of amides is 1. The summed E-state index contributed by atoms with van der Waals surface area (Å²) in [6, 6.07) is 6.24. The Hall–Kier alpha value is -3.24. The molecule has 1 amide bonds. The highest BCUT2D eigenvalue weighted by Gasteiger charge is 2.67. The van der Waals surface area contributed by atoms with E-state index in [1.807, 2.05) is 13.0 Å². The van der Waals surface area contributed by atoms with Crippen LogP contribution in [0.1, 0.15) is 98.1 Å². The number of nitrogens with zero attached hydrogens (tertiary/aromatic N) is 4. The number of methoxy groups -OCH3 is 1. The van der Waals surface area contributed by atoms with Gasteiger partial charge in [-0.05, 0) is 70.1 Å². The third-order valence-corrected chi connectivity index (χ3v) is 10.6. The molecule has 1 aliphatic heterocycles. The summed E-state index contributed by atoms with van der Waals surface area (Å²) in [5, 5.41) is 18.1. The van der Waals surface area contributed by atoms with Crippen molar-refractivity contribution in [2.24, 2.45) is 11.8 Å². The number of likely N-dealkylation sites (tertiary alicyclic amines) is 1. The molecule has 0 bridgehead atoms. The molecular weight excluding hydrogens is 564 g/mol. The van der Waals surface area contributed by atoms with Gasteiger partial charge in [-0.2, -0.15) is 5.10 Å². The zero-order valence-corrected chi connectivity index (χ0v) is 27.2. The van der Waals surface area contributed by atoms with Gasteiger partial charge in [0.25, 0.3) is 5.91 Å². The van der Waals surface area contributed by atoms with Gasteiger partial charge in [-0.15, -0.1) is 11.3 Å². The lowest BCUT2D eigenvalue weighted by Crippen LogP contribution is -2.66. The Bertz CT molecular complexity index is 1540. The number of hydrogen-bond acceptors (Lipinski definition) is 7. The SMILES string of the molecule is [2H]C([2H])([2H])OC[C@H]1C[C@](C(=O)O)(C(C)(C)n2ccc(C)n2)N(C(=O)c2ccc(C(C)(CC)C(C)C)c(OCC)c2)[C@H]1c1nccs1. The summed E-state index contributed by atoms with van der Waals surface area (Å²) < 4.78 is 36.1. The number of rotatable bonds is 12. The predicted octanol–water partition coefficient (Wildman–Crippen LogP) is 6.48. The quantitative estimate of drug-likeness (QED) is 0.249. The van der Waals surface area contributed by atoms with Crippen LogP contribution in [0.2, 0.25) is 0 Å². The van der Waals surface area contributed by atoms with E-state index in [-0.39, 0.29) is 29.9 Å². The van der Waals surface area contributed by atoms with Gasteiger partial charge in [-0.3, -0.25) is 9.48 Å². The number of carboxylic acid groups (broad SMARTS) is 1. The molecule has 43 heavy (non-hydrogen) atoms. The first-order chi connectivity index (χ1) is 21.4. The smallest absolute Gasteiger partial charge is 0.332 e. The van der Waals surface area contributed by atoms with Crippen molar-refractivity contribution >= 4 is 23.2 Å². The zero-order valence-electron chi connectivity index (χ0n) is 29.4. The fraction of sp³-hybridized carbons (Fsp3) is 0.576. The molecule has 2 aromatic heterocycles. The van der Waals surface area contributed by atoms with Gasteiger partial charge in [-0.1, -0.05) is 33.8 Å². The first kappa shape index (κ1) is 28.5. The van der Waals surface area contributed by atoms with E-state index in [1.54, 1.807) is 61.4 Å². The minimum Gasteiger partial charge on any atom is -0.494 e. The van der Waals surface area contributed by atoms with E-state index in [1.165, 1.54) is 16.2 Å². The maximum absolute atomic E-state index is 15.0. The van der Waals surface area contributed by atoms with Crippen LogP contribution in [0.25, 0.3) is 0 Å².